The number of rotatable bonds is 1. The first-order valence-electron chi connectivity index (χ1n) is 7.45. The van der Waals surface area contributed by atoms with Crippen molar-refractivity contribution < 1.29 is 10.0 Å². The zero-order valence-corrected chi connectivity index (χ0v) is 13.9. The maximum absolute atomic E-state index is 9.70. The Morgan fingerprint density at radius 3 is 1.76 bits per heavy atom. The van der Waals surface area contributed by atoms with Gasteiger partial charge in [-0.15, -0.1) is 0 Å². The summed E-state index contributed by atoms with van der Waals surface area (Å²) in [6.07, 6.45) is 0. The topological polar surface area (TPSA) is 40.5 Å². The van der Waals surface area contributed by atoms with E-state index in [2.05, 4.69) is 59.7 Å². The molecular weight excluding hydrogens is 259 g/mol. The molecule has 3 heteroatoms. The van der Waals surface area contributed by atoms with Gasteiger partial charge in [0.1, 0.15) is 0 Å². The SMILES string of the molecule is CC(C)(C)c1ccc2c(B(O)O)cc(C(C)(C)C)cc2c1. The summed E-state index contributed by atoms with van der Waals surface area (Å²) in [5, 5.41) is 21.4. The summed E-state index contributed by atoms with van der Waals surface area (Å²) in [6, 6.07) is 10.3. The lowest BCUT2D eigenvalue weighted by Gasteiger charge is -2.23. The first-order chi connectivity index (χ1) is 9.50. The van der Waals surface area contributed by atoms with Gasteiger partial charge >= 0.3 is 7.12 Å². The van der Waals surface area contributed by atoms with E-state index in [0.29, 0.717) is 5.46 Å². The first-order valence-corrected chi connectivity index (χ1v) is 7.45. The van der Waals surface area contributed by atoms with Gasteiger partial charge in [-0.1, -0.05) is 71.9 Å². The summed E-state index contributed by atoms with van der Waals surface area (Å²) in [6.45, 7) is 13.0. The van der Waals surface area contributed by atoms with Gasteiger partial charge in [0.2, 0.25) is 0 Å². The van der Waals surface area contributed by atoms with Crippen LogP contribution in [-0.2, 0) is 10.8 Å². The fourth-order valence-electron chi connectivity index (χ4n) is 2.51. The van der Waals surface area contributed by atoms with E-state index in [1.807, 2.05) is 12.1 Å². The zero-order chi connectivity index (χ0) is 16.0. The molecule has 2 aromatic carbocycles. The van der Waals surface area contributed by atoms with Gasteiger partial charge in [-0.05, 0) is 38.2 Å². The second-order valence-corrected chi connectivity index (χ2v) is 7.88. The molecule has 2 N–H and O–H groups in total. The standard InChI is InChI=1S/C18H25BO2/c1-17(2,3)13-7-8-15-12(9-13)10-14(18(4,5)6)11-16(15)19(20)21/h7-11,20-21H,1-6H3. The Labute approximate surface area is 128 Å². The molecule has 0 aromatic heterocycles. The molecule has 0 unspecified atom stereocenters. The van der Waals surface area contributed by atoms with E-state index in [4.69, 9.17) is 0 Å². The van der Waals surface area contributed by atoms with Gasteiger partial charge in [0.15, 0.2) is 0 Å². The summed E-state index contributed by atoms with van der Waals surface area (Å²) >= 11 is 0. The van der Waals surface area contributed by atoms with Crippen molar-refractivity contribution >= 4 is 23.4 Å². The minimum atomic E-state index is -1.45. The minimum absolute atomic E-state index is 0.0322. The third-order valence-electron chi connectivity index (χ3n) is 3.99. The smallest absolute Gasteiger partial charge is 0.423 e. The molecule has 2 aromatic rings. The molecule has 0 heterocycles. The summed E-state index contributed by atoms with van der Waals surface area (Å²) in [4.78, 5) is 0. The zero-order valence-electron chi connectivity index (χ0n) is 13.9. The van der Waals surface area contributed by atoms with E-state index in [1.54, 1.807) is 0 Å². The first kappa shape index (κ1) is 16.1. The van der Waals surface area contributed by atoms with Gasteiger partial charge in [0, 0.05) is 0 Å². The molecule has 0 bridgehead atoms. The molecule has 0 radical (unpaired) electrons. The van der Waals surface area contributed by atoms with Crippen LogP contribution >= 0.6 is 0 Å². The molecule has 0 atom stereocenters. The van der Waals surface area contributed by atoms with Crippen LogP contribution in [-0.4, -0.2) is 17.2 Å². The van der Waals surface area contributed by atoms with Crippen molar-refractivity contribution in [2.24, 2.45) is 0 Å². The van der Waals surface area contributed by atoms with Crippen molar-refractivity contribution in [3.63, 3.8) is 0 Å². The average molecular weight is 284 g/mol. The fraction of sp³-hybridized carbons (Fsp3) is 0.444. The van der Waals surface area contributed by atoms with Crippen molar-refractivity contribution in [3.8, 4) is 0 Å². The van der Waals surface area contributed by atoms with Crippen LogP contribution in [0, 0.1) is 0 Å². The van der Waals surface area contributed by atoms with E-state index in [0.717, 1.165) is 16.3 Å². The van der Waals surface area contributed by atoms with Gasteiger partial charge in [-0.25, -0.2) is 0 Å². The van der Waals surface area contributed by atoms with Gasteiger partial charge in [0.05, 0.1) is 0 Å². The van der Waals surface area contributed by atoms with Crippen LogP contribution in [0.1, 0.15) is 52.7 Å². The summed E-state index contributed by atoms with van der Waals surface area (Å²) in [5.74, 6) is 0. The quantitative estimate of drug-likeness (QED) is 0.790. The number of hydrogen-bond donors (Lipinski definition) is 2. The molecule has 0 aliphatic rings. The molecular formula is C18H25BO2. The van der Waals surface area contributed by atoms with Crippen molar-refractivity contribution in [3.05, 3.63) is 41.5 Å². The molecule has 2 rings (SSSR count). The van der Waals surface area contributed by atoms with Crippen LogP contribution < -0.4 is 5.46 Å². The van der Waals surface area contributed by atoms with Crippen LogP contribution in [0.2, 0.25) is 0 Å². The lowest BCUT2D eigenvalue weighted by Crippen LogP contribution is -2.32. The van der Waals surface area contributed by atoms with E-state index in [1.165, 1.54) is 5.56 Å². The third kappa shape index (κ3) is 3.30. The highest BCUT2D eigenvalue weighted by molar-refractivity contribution is 6.62. The van der Waals surface area contributed by atoms with E-state index < -0.39 is 7.12 Å². The molecule has 0 aliphatic carbocycles. The van der Waals surface area contributed by atoms with Crippen molar-refractivity contribution in [1.29, 1.82) is 0 Å². The Kier molecular flexibility index (Phi) is 3.94. The predicted molar refractivity (Wildman–Crippen MR) is 91.2 cm³/mol. The van der Waals surface area contributed by atoms with Crippen LogP contribution in [0.15, 0.2) is 30.3 Å². The predicted octanol–water partition coefficient (Wildman–Crippen LogP) is 3.11. The number of fused-ring (bicyclic) bond motifs is 1. The Bertz CT molecular complexity index is 656. The molecule has 2 nitrogen and oxygen atoms in total. The van der Waals surface area contributed by atoms with Gasteiger partial charge in [0.25, 0.3) is 0 Å². The van der Waals surface area contributed by atoms with E-state index in [9.17, 15) is 10.0 Å². The highest BCUT2D eigenvalue weighted by Gasteiger charge is 2.22. The molecule has 0 aliphatic heterocycles. The number of hydrogen-bond acceptors (Lipinski definition) is 2. The van der Waals surface area contributed by atoms with Crippen molar-refractivity contribution in [2.75, 3.05) is 0 Å². The second kappa shape index (κ2) is 5.15. The molecule has 0 spiro atoms. The second-order valence-electron chi connectivity index (χ2n) is 7.88. The summed E-state index contributed by atoms with van der Waals surface area (Å²) < 4.78 is 0. The maximum atomic E-state index is 9.70. The molecule has 21 heavy (non-hydrogen) atoms. The summed E-state index contributed by atoms with van der Waals surface area (Å²) in [7, 11) is -1.45. The Hall–Kier alpha value is -1.32. The molecule has 112 valence electrons. The van der Waals surface area contributed by atoms with Gasteiger partial charge < -0.3 is 10.0 Å². The van der Waals surface area contributed by atoms with Gasteiger partial charge in [-0.3, -0.25) is 0 Å². The Morgan fingerprint density at radius 1 is 0.762 bits per heavy atom. The Balaban J connectivity index is 2.78. The Morgan fingerprint density at radius 2 is 1.29 bits per heavy atom. The monoisotopic (exact) mass is 284 g/mol. The third-order valence-corrected chi connectivity index (χ3v) is 3.99. The van der Waals surface area contributed by atoms with Gasteiger partial charge in [-0.2, -0.15) is 0 Å². The molecule has 0 fully saturated rings. The highest BCUT2D eigenvalue weighted by Crippen LogP contribution is 2.29. The lowest BCUT2D eigenvalue weighted by atomic mass is 9.72. The van der Waals surface area contributed by atoms with Crippen LogP contribution in [0.4, 0.5) is 0 Å². The highest BCUT2D eigenvalue weighted by atomic mass is 16.4. The van der Waals surface area contributed by atoms with E-state index >= 15 is 0 Å². The van der Waals surface area contributed by atoms with Crippen LogP contribution in [0.25, 0.3) is 10.8 Å². The largest absolute Gasteiger partial charge is 0.489 e. The van der Waals surface area contributed by atoms with Crippen molar-refractivity contribution in [2.45, 2.75) is 52.4 Å². The maximum Gasteiger partial charge on any atom is 0.489 e. The van der Waals surface area contributed by atoms with Crippen LogP contribution in [0.5, 0.6) is 0 Å². The van der Waals surface area contributed by atoms with Crippen LogP contribution in [0.3, 0.4) is 0 Å². The molecule has 0 saturated carbocycles. The fourth-order valence-corrected chi connectivity index (χ4v) is 2.51. The molecule has 0 saturated heterocycles. The minimum Gasteiger partial charge on any atom is -0.423 e. The number of benzene rings is 2. The lowest BCUT2D eigenvalue weighted by molar-refractivity contribution is 0.426. The van der Waals surface area contributed by atoms with E-state index in [-0.39, 0.29) is 10.8 Å². The average Bonchev–Trinajstić information content (AvgIpc) is 2.34. The van der Waals surface area contributed by atoms with Crippen molar-refractivity contribution in [1.82, 2.24) is 0 Å². The summed E-state index contributed by atoms with van der Waals surface area (Å²) in [5.41, 5.74) is 2.99. The molecule has 0 amide bonds. The normalized spacial score (nSPS) is 12.8.